The lowest BCUT2D eigenvalue weighted by Crippen LogP contribution is -2.30. The molecule has 70 valence electrons. The molecule has 0 aromatic rings. The van der Waals surface area contributed by atoms with Gasteiger partial charge in [0.25, 0.3) is 0 Å². The topological polar surface area (TPSA) is 29.1 Å². The highest BCUT2D eigenvalue weighted by Gasteiger charge is 2.22. The third-order valence-corrected chi connectivity index (χ3v) is 2.14. The third kappa shape index (κ3) is 2.58. The maximum atomic E-state index is 10.8. The maximum absolute atomic E-state index is 10.8. The lowest BCUT2D eigenvalue weighted by molar-refractivity contribution is -0.119. The van der Waals surface area contributed by atoms with Gasteiger partial charge in [-0.25, -0.2) is 0 Å². The van der Waals surface area contributed by atoms with Crippen molar-refractivity contribution in [2.75, 3.05) is 0 Å². The number of carbonyl (C=O) groups excluding carboxylic acids is 1. The van der Waals surface area contributed by atoms with Crippen molar-refractivity contribution >= 4 is 5.91 Å². The molecule has 0 heterocycles. The fourth-order valence-electron chi connectivity index (χ4n) is 1.63. The quantitative estimate of drug-likeness (QED) is 0.686. The van der Waals surface area contributed by atoms with E-state index in [1.807, 2.05) is 6.08 Å². The molecule has 0 bridgehead atoms. The molecule has 1 fully saturated rings. The van der Waals surface area contributed by atoms with Gasteiger partial charge in [0, 0.05) is 13.0 Å². The third-order valence-electron chi connectivity index (χ3n) is 2.14. The first-order chi connectivity index (χ1) is 6.13. The van der Waals surface area contributed by atoms with Crippen LogP contribution in [0.3, 0.4) is 0 Å². The summed E-state index contributed by atoms with van der Waals surface area (Å²) >= 11 is 0. The van der Waals surface area contributed by atoms with Gasteiger partial charge in [0.1, 0.15) is 0 Å². The molecular weight excluding hydrogens is 162 g/mol. The van der Waals surface area contributed by atoms with Gasteiger partial charge in [-0.05, 0) is 24.0 Å². The summed E-state index contributed by atoms with van der Waals surface area (Å²) in [6.45, 7) is 9.12. The predicted octanol–water partition coefficient (Wildman–Crippen LogP) is 1.95. The Labute approximate surface area is 79.0 Å². The average molecular weight is 177 g/mol. The van der Waals surface area contributed by atoms with Gasteiger partial charge in [0.15, 0.2) is 0 Å². The summed E-state index contributed by atoms with van der Waals surface area (Å²) in [7, 11) is 0. The highest BCUT2D eigenvalue weighted by molar-refractivity contribution is 5.73. The summed E-state index contributed by atoms with van der Waals surface area (Å²) in [6, 6.07) is 0.233. The van der Waals surface area contributed by atoms with Crippen LogP contribution in [0.1, 0.15) is 19.8 Å². The van der Waals surface area contributed by atoms with Crippen LogP contribution < -0.4 is 5.32 Å². The van der Waals surface area contributed by atoms with Crippen molar-refractivity contribution in [2.45, 2.75) is 25.8 Å². The van der Waals surface area contributed by atoms with Gasteiger partial charge in [-0.2, -0.15) is 0 Å². The summed E-state index contributed by atoms with van der Waals surface area (Å²) in [5.74, 6) is 0.0256. The molecule has 0 radical (unpaired) electrons. The van der Waals surface area contributed by atoms with Crippen molar-refractivity contribution in [1.29, 1.82) is 0 Å². The van der Waals surface area contributed by atoms with Crippen LogP contribution in [0, 0.1) is 0 Å². The Bertz CT molecular complexity index is 276. The van der Waals surface area contributed by atoms with Gasteiger partial charge < -0.3 is 5.32 Å². The lowest BCUT2D eigenvalue weighted by Gasteiger charge is -2.07. The van der Waals surface area contributed by atoms with Crippen LogP contribution in [-0.2, 0) is 4.79 Å². The van der Waals surface area contributed by atoms with Crippen LogP contribution in [0.5, 0.6) is 0 Å². The first-order valence-electron chi connectivity index (χ1n) is 4.40. The van der Waals surface area contributed by atoms with E-state index in [1.165, 1.54) is 12.5 Å². The van der Waals surface area contributed by atoms with Crippen molar-refractivity contribution < 1.29 is 4.79 Å². The summed E-state index contributed by atoms with van der Waals surface area (Å²) < 4.78 is 0. The maximum Gasteiger partial charge on any atom is 0.217 e. The zero-order valence-corrected chi connectivity index (χ0v) is 7.97. The summed E-state index contributed by atoms with van der Waals surface area (Å²) in [6.07, 6.45) is 5.46. The number of hydrogen-bond donors (Lipinski definition) is 1. The zero-order valence-electron chi connectivity index (χ0n) is 7.97. The number of carbonyl (C=O) groups is 1. The summed E-state index contributed by atoms with van der Waals surface area (Å²) in [4.78, 5) is 10.8. The Morgan fingerprint density at radius 1 is 1.62 bits per heavy atom. The largest absolute Gasteiger partial charge is 0.353 e. The van der Waals surface area contributed by atoms with E-state index >= 15 is 0 Å². The summed E-state index contributed by atoms with van der Waals surface area (Å²) in [5.41, 5.74) is 2.31. The molecule has 1 amide bonds. The Kier molecular flexibility index (Phi) is 3.07. The van der Waals surface area contributed by atoms with Crippen molar-refractivity contribution in [3.05, 3.63) is 36.5 Å². The molecule has 0 saturated heterocycles. The molecule has 0 aromatic carbocycles. The molecule has 2 heteroatoms. The standard InChI is InChI=1S/C11H15NO/c1-4-5-10-7-11(6-8(10)2)12-9(3)13/h4-5,11H,1-2,6-7H2,3H3,(H,12,13)/b10-5-. The average Bonchev–Trinajstić information content (AvgIpc) is 2.31. The molecule has 2 nitrogen and oxygen atoms in total. The lowest BCUT2D eigenvalue weighted by atomic mass is 10.1. The Morgan fingerprint density at radius 2 is 2.31 bits per heavy atom. The Hall–Kier alpha value is -1.31. The van der Waals surface area contributed by atoms with Gasteiger partial charge >= 0.3 is 0 Å². The smallest absolute Gasteiger partial charge is 0.217 e. The SMILES string of the molecule is C=C/C=C1/CC(NC(C)=O)CC1=C. The Morgan fingerprint density at radius 3 is 2.85 bits per heavy atom. The predicted molar refractivity (Wildman–Crippen MR) is 54.3 cm³/mol. The van der Waals surface area contributed by atoms with E-state index in [9.17, 15) is 4.79 Å². The van der Waals surface area contributed by atoms with Crippen molar-refractivity contribution in [3.63, 3.8) is 0 Å². The van der Waals surface area contributed by atoms with E-state index in [2.05, 4.69) is 18.5 Å². The van der Waals surface area contributed by atoms with Gasteiger partial charge in [-0.1, -0.05) is 25.3 Å². The summed E-state index contributed by atoms with van der Waals surface area (Å²) in [5, 5.41) is 2.89. The first-order valence-corrected chi connectivity index (χ1v) is 4.40. The molecule has 1 aliphatic rings. The number of allylic oxidation sites excluding steroid dienone is 2. The molecular formula is C11H15NO. The molecule has 1 N–H and O–H groups in total. The van der Waals surface area contributed by atoms with Gasteiger partial charge in [0.05, 0.1) is 0 Å². The van der Waals surface area contributed by atoms with Crippen LogP contribution in [0.25, 0.3) is 0 Å². The molecule has 13 heavy (non-hydrogen) atoms. The zero-order chi connectivity index (χ0) is 9.84. The number of nitrogens with one attached hydrogen (secondary N) is 1. The molecule has 0 aliphatic heterocycles. The highest BCUT2D eigenvalue weighted by Crippen LogP contribution is 2.29. The van der Waals surface area contributed by atoms with E-state index in [0.717, 1.165) is 18.4 Å². The van der Waals surface area contributed by atoms with Crippen molar-refractivity contribution in [1.82, 2.24) is 5.32 Å². The second kappa shape index (κ2) is 4.08. The van der Waals surface area contributed by atoms with Crippen LogP contribution in [0.4, 0.5) is 0 Å². The van der Waals surface area contributed by atoms with E-state index < -0.39 is 0 Å². The Balaban J connectivity index is 2.60. The minimum Gasteiger partial charge on any atom is -0.353 e. The second-order valence-corrected chi connectivity index (χ2v) is 3.34. The van der Waals surface area contributed by atoms with Crippen molar-refractivity contribution in [2.24, 2.45) is 0 Å². The highest BCUT2D eigenvalue weighted by atomic mass is 16.1. The molecule has 1 rings (SSSR count). The normalized spacial score (nSPS) is 24.8. The number of rotatable bonds is 2. The fourth-order valence-corrected chi connectivity index (χ4v) is 1.63. The molecule has 1 aliphatic carbocycles. The van der Waals surface area contributed by atoms with Crippen LogP contribution in [-0.4, -0.2) is 11.9 Å². The molecule has 1 saturated carbocycles. The van der Waals surface area contributed by atoms with Gasteiger partial charge in [-0.15, -0.1) is 0 Å². The van der Waals surface area contributed by atoms with E-state index in [-0.39, 0.29) is 11.9 Å². The van der Waals surface area contributed by atoms with Gasteiger partial charge in [-0.3, -0.25) is 4.79 Å². The van der Waals surface area contributed by atoms with E-state index in [1.54, 1.807) is 6.08 Å². The van der Waals surface area contributed by atoms with Gasteiger partial charge in [0.2, 0.25) is 5.91 Å². The van der Waals surface area contributed by atoms with Crippen LogP contribution in [0.2, 0.25) is 0 Å². The second-order valence-electron chi connectivity index (χ2n) is 3.34. The molecule has 0 spiro atoms. The van der Waals surface area contributed by atoms with Crippen molar-refractivity contribution in [3.8, 4) is 0 Å². The number of hydrogen-bond acceptors (Lipinski definition) is 1. The minimum absolute atomic E-state index is 0.0256. The molecule has 0 aromatic heterocycles. The van der Waals surface area contributed by atoms with E-state index in [0.29, 0.717) is 0 Å². The molecule has 1 unspecified atom stereocenters. The number of amides is 1. The fraction of sp³-hybridized carbons (Fsp3) is 0.364. The minimum atomic E-state index is 0.0256. The van der Waals surface area contributed by atoms with Crippen LogP contribution in [0.15, 0.2) is 36.5 Å². The monoisotopic (exact) mass is 177 g/mol. The van der Waals surface area contributed by atoms with E-state index in [4.69, 9.17) is 0 Å². The molecule has 1 atom stereocenters. The first kappa shape index (κ1) is 9.78. The van der Waals surface area contributed by atoms with Crippen LogP contribution >= 0.6 is 0 Å².